The number of aromatic nitrogens is 1. The monoisotopic (exact) mass is 459 g/mol. The van der Waals surface area contributed by atoms with E-state index in [9.17, 15) is 13.6 Å². The maximum Gasteiger partial charge on any atom is 0.298 e. The molecule has 33 heavy (non-hydrogen) atoms. The van der Waals surface area contributed by atoms with E-state index in [1.54, 1.807) is 0 Å². The van der Waals surface area contributed by atoms with Gasteiger partial charge in [-0.1, -0.05) is 6.92 Å². The molecule has 3 heterocycles. The third kappa shape index (κ3) is 3.86. The van der Waals surface area contributed by atoms with E-state index in [1.807, 2.05) is 11.8 Å². The van der Waals surface area contributed by atoms with Crippen molar-refractivity contribution in [2.45, 2.75) is 38.7 Å². The number of oxazole rings is 1. The second-order valence-corrected chi connectivity index (χ2v) is 9.77. The summed E-state index contributed by atoms with van der Waals surface area (Å²) in [5, 5.41) is 2.56. The molecule has 1 amide bonds. The van der Waals surface area contributed by atoms with Gasteiger partial charge < -0.3 is 24.1 Å². The Labute approximate surface area is 190 Å². The number of aryl methyl sites for hydroxylation is 1. The van der Waals surface area contributed by atoms with Gasteiger partial charge in [0.25, 0.3) is 11.9 Å². The topological polar surface area (TPSA) is 76.8 Å². The number of nitrogens with one attached hydrogen (secondary N) is 1. The quantitative estimate of drug-likeness (QED) is 0.703. The number of fused-ring (bicyclic) bond motifs is 2. The van der Waals surface area contributed by atoms with Crippen LogP contribution in [0.3, 0.4) is 0 Å². The highest BCUT2D eigenvalue weighted by atomic mass is 19.1. The van der Waals surface area contributed by atoms with Crippen LogP contribution in [0.25, 0.3) is 0 Å². The van der Waals surface area contributed by atoms with Crippen LogP contribution in [0.5, 0.6) is 5.75 Å². The molecule has 2 saturated carbocycles. The van der Waals surface area contributed by atoms with Gasteiger partial charge in [-0.15, -0.1) is 0 Å². The lowest BCUT2D eigenvalue weighted by molar-refractivity contribution is 0.102. The zero-order chi connectivity index (χ0) is 22.7. The van der Waals surface area contributed by atoms with Crippen molar-refractivity contribution in [1.82, 2.24) is 4.98 Å². The first-order valence-corrected chi connectivity index (χ1v) is 11.8. The number of ether oxygens (including phenoxy) is 2. The Morgan fingerprint density at radius 1 is 1.12 bits per heavy atom. The van der Waals surface area contributed by atoms with Gasteiger partial charge >= 0.3 is 0 Å². The molecule has 1 aromatic carbocycles. The molecular weight excluding hydrogens is 432 g/mol. The second kappa shape index (κ2) is 7.97. The molecule has 176 valence electrons. The standard InChI is InChI=1S/C24H27F2N3O4/c1-2-20-21(28-24(33-20)29-8-14-10-31-11-15(14)9-29)23(30)27-16-6-18(25)22(19(26)7-16)32-17-4-12-3-13(12)5-17/h6-7,12-15,17H,2-5,8-11H2,1H3,(H,27,30)/t12-,13?,14?,15?,17?/m0/s1. The Morgan fingerprint density at radius 2 is 1.79 bits per heavy atom. The molecule has 0 spiro atoms. The molecule has 5 atom stereocenters. The van der Waals surface area contributed by atoms with Crippen molar-refractivity contribution >= 4 is 17.6 Å². The van der Waals surface area contributed by atoms with Crippen LogP contribution < -0.4 is 15.0 Å². The van der Waals surface area contributed by atoms with E-state index < -0.39 is 17.5 Å². The number of amides is 1. The molecule has 9 heteroatoms. The maximum atomic E-state index is 14.6. The van der Waals surface area contributed by atoms with Crippen molar-refractivity contribution in [3.05, 3.63) is 35.2 Å². The van der Waals surface area contributed by atoms with Crippen molar-refractivity contribution in [3.63, 3.8) is 0 Å². The van der Waals surface area contributed by atoms with Crippen LogP contribution in [0.4, 0.5) is 20.5 Å². The summed E-state index contributed by atoms with van der Waals surface area (Å²) < 4.78 is 46.2. The lowest BCUT2D eigenvalue weighted by Crippen LogP contribution is -2.22. The fourth-order valence-corrected chi connectivity index (χ4v) is 5.59. The number of rotatable bonds is 6. The Bertz CT molecular complexity index is 1040. The van der Waals surface area contributed by atoms with Crippen LogP contribution in [0.15, 0.2) is 16.5 Å². The molecular formula is C24H27F2N3O4. The first kappa shape index (κ1) is 20.9. The Kier molecular flexibility index (Phi) is 5.05. The Hall–Kier alpha value is -2.68. The van der Waals surface area contributed by atoms with Crippen LogP contribution in [0, 0.1) is 35.3 Å². The fourth-order valence-electron chi connectivity index (χ4n) is 5.59. The summed E-state index contributed by atoms with van der Waals surface area (Å²) in [5.41, 5.74) is 0.142. The zero-order valence-electron chi connectivity index (χ0n) is 18.5. The van der Waals surface area contributed by atoms with E-state index in [2.05, 4.69) is 10.3 Å². The van der Waals surface area contributed by atoms with E-state index in [0.29, 0.717) is 41.9 Å². The third-order valence-corrected chi connectivity index (χ3v) is 7.47. The zero-order valence-corrected chi connectivity index (χ0v) is 18.5. The summed E-state index contributed by atoms with van der Waals surface area (Å²) >= 11 is 0. The number of hydrogen-bond donors (Lipinski definition) is 1. The summed E-state index contributed by atoms with van der Waals surface area (Å²) in [6, 6.07) is 2.57. The predicted octanol–water partition coefficient (Wildman–Crippen LogP) is 4.03. The maximum absolute atomic E-state index is 14.6. The van der Waals surface area contributed by atoms with Gasteiger partial charge in [0.2, 0.25) is 0 Å². The molecule has 2 aliphatic heterocycles. The molecule has 4 aliphatic rings. The highest BCUT2D eigenvalue weighted by Gasteiger charge is 2.47. The van der Waals surface area contributed by atoms with Gasteiger partial charge in [-0.25, -0.2) is 8.78 Å². The first-order chi connectivity index (χ1) is 16.0. The van der Waals surface area contributed by atoms with Crippen molar-refractivity contribution < 1.29 is 27.5 Å². The summed E-state index contributed by atoms with van der Waals surface area (Å²) in [5.74, 6) is 0.0373. The molecule has 1 N–H and O–H groups in total. The average Bonchev–Trinajstić information content (AvgIpc) is 3.25. The van der Waals surface area contributed by atoms with Crippen LogP contribution >= 0.6 is 0 Å². The van der Waals surface area contributed by atoms with Crippen molar-refractivity contribution in [2.24, 2.45) is 23.7 Å². The van der Waals surface area contributed by atoms with E-state index in [1.165, 1.54) is 6.42 Å². The largest absolute Gasteiger partial charge is 0.484 e. The summed E-state index contributed by atoms with van der Waals surface area (Å²) in [6.07, 6.45) is 3.23. The highest BCUT2D eigenvalue weighted by molar-refractivity contribution is 6.03. The first-order valence-electron chi connectivity index (χ1n) is 11.8. The van der Waals surface area contributed by atoms with Crippen LogP contribution in [-0.2, 0) is 11.2 Å². The lowest BCUT2D eigenvalue weighted by atomic mass is 10.0. The number of carbonyl (C=O) groups is 1. The Balaban J connectivity index is 1.16. The normalized spacial score (nSPS) is 29.8. The summed E-state index contributed by atoms with van der Waals surface area (Å²) in [4.78, 5) is 19.4. The summed E-state index contributed by atoms with van der Waals surface area (Å²) in [7, 11) is 0. The molecule has 1 aromatic heterocycles. The van der Waals surface area contributed by atoms with E-state index in [-0.39, 0.29) is 23.2 Å². The third-order valence-electron chi connectivity index (χ3n) is 7.47. The number of carbonyl (C=O) groups excluding carboxylic acids is 1. The number of benzene rings is 1. The molecule has 0 bridgehead atoms. The van der Waals surface area contributed by atoms with E-state index in [4.69, 9.17) is 13.9 Å². The number of nitrogens with zero attached hydrogens (tertiary/aromatic N) is 2. The minimum atomic E-state index is -0.826. The number of anilines is 2. The minimum Gasteiger partial charge on any atom is -0.484 e. The average molecular weight is 459 g/mol. The molecule has 0 radical (unpaired) electrons. The Morgan fingerprint density at radius 3 is 2.42 bits per heavy atom. The fraction of sp³-hybridized carbons (Fsp3) is 0.583. The SMILES string of the molecule is CCc1oc(N2CC3COCC3C2)nc1C(=O)Nc1cc(F)c(OC2CC3C[C@H]3C2)c(F)c1. The van der Waals surface area contributed by atoms with Gasteiger partial charge in [0.1, 0.15) is 5.76 Å². The van der Waals surface area contributed by atoms with Crippen molar-refractivity contribution in [3.8, 4) is 5.75 Å². The van der Waals surface area contributed by atoms with Crippen LogP contribution in [-0.4, -0.2) is 43.3 Å². The van der Waals surface area contributed by atoms with Crippen LogP contribution in [0.2, 0.25) is 0 Å². The van der Waals surface area contributed by atoms with Crippen LogP contribution in [0.1, 0.15) is 42.4 Å². The smallest absolute Gasteiger partial charge is 0.298 e. The van der Waals surface area contributed by atoms with Crippen molar-refractivity contribution in [2.75, 3.05) is 36.5 Å². The van der Waals surface area contributed by atoms with Gasteiger partial charge in [0.05, 0.1) is 19.3 Å². The lowest BCUT2D eigenvalue weighted by Gasteiger charge is -2.17. The summed E-state index contributed by atoms with van der Waals surface area (Å²) in [6.45, 7) is 4.88. The predicted molar refractivity (Wildman–Crippen MR) is 115 cm³/mol. The van der Waals surface area contributed by atoms with Gasteiger partial charge in [0.15, 0.2) is 23.1 Å². The molecule has 2 aromatic rings. The van der Waals surface area contributed by atoms with Gasteiger partial charge in [-0.3, -0.25) is 4.79 Å². The minimum absolute atomic E-state index is 0.0103. The highest BCUT2D eigenvalue weighted by Crippen LogP contribution is 2.52. The number of hydrogen-bond acceptors (Lipinski definition) is 6. The van der Waals surface area contributed by atoms with E-state index >= 15 is 0 Å². The van der Waals surface area contributed by atoms with Gasteiger partial charge in [-0.05, 0) is 31.1 Å². The molecule has 6 rings (SSSR count). The molecule has 4 unspecified atom stereocenters. The van der Waals surface area contributed by atoms with Gasteiger partial charge in [-0.2, -0.15) is 4.98 Å². The molecule has 7 nitrogen and oxygen atoms in total. The molecule has 2 saturated heterocycles. The van der Waals surface area contributed by atoms with Gasteiger partial charge in [0, 0.05) is 49.2 Å². The second-order valence-electron chi connectivity index (χ2n) is 9.77. The van der Waals surface area contributed by atoms with E-state index in [0.717, 1.165) is 51.3 Å². The molecule has 2 aliphatic carbocycles. The number of halogens is 2. The van der Waals surface area contributed by atoms with Crippen molar-refractivity contribution in [1.29, 1.82) is 0 Å². The molecule has 4 fully saturated rings.